The highest BCUT2D eigenvalue weighted by atomic mass is 16.5. The summed E-state index contributed by atoms with van der Waals surface area (Å²) in [4.78, 5) is 0. The summed E-state index contributed by atoms with van der Waals surface area (Å²) in [7, 11) is 0. The van der Waals surface area contributed by atoms with Crippen molar-refractivity contribution in [3.63, 3.8) is 0 Å². The Kier molecular flexibility index (Phi) is 4.13. The molecule has 0 aromatic carbocycles. The number of hydrogen-bond donors (Lipinski definition) is 1. The molecular weight excluding hydrogens is 224 g/mol. The smallest absolute Gasteiger partial charge is 0.0762 e. The molecule has 0 aliphatic carbocycles. The molecule has 2 unspecified atom stereocenters. The van der Waals surface area contributed by atoms with Gasteiger partial charge >= 0.3 is 0 Å². The van der Waals surface area contributed by atoms with Gasteiger partial charge in [0.25, 0.3) is 0 Å². The van der Waals surface area contributed by atoms with Crippen molar-refractivity contribution in [3.05, 3.63) is 24.0 Å². The van der Waals surface area contributed by atoms with Crippen molar-refractivity contribution in [2.45, 2.75) is 70.7 Å². The number of nitrogens with two attached hydrogens (primary N) is 1. The lowest BCUT2D eigenvalue weighted by Gasteiger charge is -2.19. The highest BCUT2D eigenvalue weighted by molar-refractivity contribution is 5.12. The van der Waals surface area contributed by atoms with Gasteiger partial charge in [-0.1, -0.05) is 6.92 Å². The molecular formula is C15H26N2O. The number of rotatable bonds is 5. The van der Waals surface area contributed by atoms with E-state index in [1.807, 2.05) is 0 Å². The second kappa shape index (κ2) is 5.45. The monoisotopic (exact) mass is 250 g/mol. The lowest BCUT2D eigenvalue weighted by Crippen LogP contribution is -2.22. The lowest BCUT2D eigenvalue weighted by molar-refractivity contribution is -0.0216. The fourth-order valence-corrected chi connectivity index (χ4v) is 2.61. The molecule has 0 spiro atoms. The van der Waals surface area contributed by atoms with Gasteiger partial charge in [-0.25, -0.2) is 0 Å². The van der Waals surface area contributed by atoms with E-state index in [0.717, 1.165) is 32.2 Å². The van der Waals surface area contributed by atoms with Gasteiger partial charge in [0.05, 0.1) is 11.7 Å². The Morgan fingerprint density at radius 3 is 2.94 bits per heavy atom. The van der Waals surface area contributed by atoms with Gasteiger partial charge in [-0.05, 0) is 51.2 Å². The molecule has 102 valence electrons. The first kappa shape index (κ1) is 13.6. The highest BCUT2D eigenvalue weighted by Gasteiger charge is 2.31. The van der Waals surface area contributed by atoms with E-state index in [4.69, 9.17) is 10.5 Å². The molecule has 0 saturated carbocycles. The Balaban J connectivity index is 1.87. The summed E-state index contributed by atoms with van der Waals surface area (Å²) < 4.78 is 8.26. The summed E-state index contributed by atoms with van der Waals surface area (Å²) in [5, 5.41) is 0. The van der Waals surface area contributed by atoms with E-state index in [1.54, 1.807) is 0 Å². The van der Waals surface area contributed by atoms with Gasteiger partial charge < -0.3 is 15.0 Å². The van der Waals surface area contributed by atoms with Crippen LogP contribution >= 0.6 is 0 Å². The first-order chi connectivity index (χ1) is 8.48. The van der Waals surface area contributed by atoms with Gasteiger partial charge in [-0.15, -0.1) is 0 Å². The molecule has 3 heteroatoms. The molecule has 0 radical (unpaired) electrons. The van der Waals surface area contributed by atoms with E-state index in [2.05, 4.69) is 43.8 Å². The van der Waals surface area contributed by atoms with Crippen molar-refractivity contribution < 1.29 is 4.74 Å². The van der Waals surface area contributed by atoms with E-state index in [-0.39, 0.29) is 11.6 Å². The summed E-state index contributed by atoms with van der Waals surface area (Å²) in [6.07, 6.45) is 9.05. The highest BCUT2D eigenvalue weighted by Crippen LogP contribution is 2.30. The van der Waals surface area contributed by atoms with Crippen molar-refractivity contribution in [1.82, 2.24) is 4.57 Å². The molecule has 1 aromatic heterocycles. The Morgan fingerprint density at radius 1 is 1.56 bits per heavy atom. The van der Waals surface area contributed by atoms with Crippen LogP contribution in [0.4, 0.5) is 0 Å². The second-order valence-corrected chi connectivity index (χ2v) is 6.13. The van der Waals surface area contributed by atoms with Crippen LogP contribution in [0.1, 0.15) is 45.6 Å². The van der Waals surface area contributed by atoms with E-state index < -0.39 is 0 Å². The third-order valence-electron chi connectivity index (χ3n) is 3.80. The van der Waals surface area contributed by atoms with Crippen molar-refractivity contribution in [1.29, 1.82) is 0 Å². The van der Waals surface area contributed by atoms with Gasteiger partial charge in [0, 0.05) is 25.0 Å². The average Bonchev–Trinajstić information content (AvgIpc) is 2.86. The standard InChI is InChI=1S/C15H26N2O/c1-4-13(16)9-12-6-8-17(10-12)11-14-5-7-15(2,3)18-14/h6,8,10,13-14H,4-5,7,9,11,16H2,1-3H3. The third kappa shape index (κ3) is 3.59. The predicted molar refractivity (Wildman–Crippen MR) is 74.6 cm³/mol. The Hall–Kier alpha value is -0.800. The largest absolute Gasteiger partial charge is 0.370 e. The normalized spacial score (nSPS) is 24.3. The molecule has 0 amide bonds. The summed E-state index contributed by atoms with van der Waals surface area (Å²) in [5.74, 6) is 0. The van der Waals surface area contributed by atoms with Crippen LogP contribution in [0.3, 0.4) is 0 Å². The zero-order chi connectivity index (χ0) is 13.2. The van der Waals surface area contributed by atoms with E-state index >= 15 is 0 Å². The first-order valence-corrected chi connectivity index (χ1v) is 7.06. The van der Waals surface area contributed by atoms with Crippen LogP contribution in [0.15, 0.2) is 18.5 Å². The van der Waals surface area contributed by atoms with Crippen molar-refractivity contribution >= 4 is 0 Å². The fourth-order valence-electron chi connectivity index (χ4n) is 2.61. The third-order valence-corrected chi connectivity index (χ3v) is 3.80. The van der Waals surface area contributed by atoms with E-state index in [9.17, 15) is 0 Å². The predicted octanol–water partition coefficient (Wildman–Crippen LogP) is 2.73. The summed E-state index contributed by atoms with van der Waals surface area (Å²) in [6, 6.07) is 2.46. The Labute approximate surface area is 110 Å². The van der Waals surface area contributed by atoms with Crippen LogP contribution < -0.4 is 5.73 Å². The van der Waals surface area contributed by atoms with Crippen LogP contribution in [0, 0.1) is 0 Å². The van der Waals surface area contributed by atoms with Crippen LogP contribution in [0.2, 0.25) is 0 Å². The van der Waals surface area contributed by atoms with Crippen molar-refractivity contribution in [2.24, 2.45) is 5.73 Å². The maximum atomic E-state index is 6.02. The molecule has 1 saturated heterocycles. The molecule has 2 N–H and O–H groups in total. The van der Waals surface area contributed by atoms with E-state index in [0.29, 0.717) is 6.10 Å². The van der Waals surface area contributed by atoms with Gasteiger partial charge in [0.2, 0.25) is 0 Å². The van der Waals surface area contributed by atoms with Crippen LogP contribution in [0.5, 0.6) is 0 Å². The zero-order valence-electron chi connectivity index (χ0n) is 11.9. The van der Waals surface area contributed by atoms with E-state index in [1.165, 1.54) is 5.56 Å². The molecule has 2 rings (SSSR count). The fraction of sp³-hybridized carbons (Fsp3) is 0.733. The minimum Gasteiger partial charge on any atom is -0.370 e. The first-order valence-electron chi connectivity index (χ1n) is 7.06. The maximum Gasteiger partial charge on any atom is 0.0762 e. The molecule has 1 fully saturated rings. The molecule has 1 aliphatic heterocycles. The number of nitrogens with zero attached hydrogens (tertiary/aromatic N) is 1. The van der Waals surface area contributed by atoms with Crippen LogP contribution in [-0.4, -0.2) is 22.3 Å². The Bertz CT molecular complexity index is 384. The van der Waals surface area contributed by atoms with Gasteiger partial charge in [0.15, 0.2) is 0 Å². The average molecular weight is 250 g/mol. The van der Waals surface area contributed by atoms with Gasteiger partial charge in [-0.3, -0.25) is 0 Å². The minimum absolute atomic E-state index is 0.0607. The molecule has 1 aliphatic rings. The topological polar surface area (TPSA) is 40.2 Å². The summed E-state index contributed by atoms with van der Waals surface area (Å²) >= 11 is 0. The van der Waals surface area contributed by atoms with Crippen molar-refractivity contribution in [3.8, 4) is 0 Å². The van der Waals surface area contributed by atoms with Gasteiger partial charge in [-0.2, -0.15) is 0 Å². The van der Waals surface area contributed by atoms with Crippen molar-refractivity contribution in [2.75, 3.05) is 0 Å². The summed E-state index contributed by atoms with van der Waals surface area (Å²) in [5.41, 5.74) is 7.37. The molecule has 0 bridgehead atoms. The quantitative estimate of drug-likeness (QED) is 0.873. The number of hydrogen-bond acceptors (Lipinski definition) is 2. The maximum absolute atomic E-state index is 6.02. The molecule has 18 heavy (non-hydrogen) atoms. The van der Waals surface area contributed by atoms with Crippen LogP contribution in [0.25, 0.3) is 0 Å². The zero-order valence-corrected chi connectivity index (χ0v) is 11.9. The summed E-state index contributed by atoms with van der Waals surface area (Å²) in [6.45, 7) is 7.45. The molecule has 3 nitrogen and oxygen atoms in total. The molecule has 2 heterocycles. The molecule has 1 aromatic rings. The lowest BCUT2D eigenvalue weighted by atomic mass is 10.1. The number of ether oxygens (including phenoxy) is 1. The number of aromatic nitrogens is 1. The van der Waals surface area contributed by atoms with Gasteiger partial charge in [0.1, 0.15) is 0 Å². The SMILES string of the molecule is CCC(N)Cc1ccn(CC2CCC(C)(C)O2)c1. The second-order valence-electron chi connectivity index (χ2n) is 6.13. The van der Waals surface area contributed by atoms with Crippen LogP contribution in [-0.2, 0) is 17.7 Å². The Morgan fingerprint density at radius 2 is 2.33 bits per heavy atom. The molecule has 2 atom stereocenters. The minimum atomic E-state index is 0.0607.